The average Bonchev–Trinajstić information content (AvgIpc) is 2.56. The van der Waals surface area contributed by atoms with Crippen LogP contribution in [0, 0.1) is 6.92 Å². The van der Waals surface area contributed by atoms with Gasteiger partial charge in [0.05, 0.1) is 11.0 Å². The van der Waals surface area contributed by atoms with Gasteiger partial charge in [0.2, 0.25) is 5.82 Å². The number of rotatable bonds is 2. The minimum atomic E-state index is -4.68. The van der Waals surface area contributed by atoms with Crippen molar-refractivity contribution in [3.63, 3.8) is 0 Å². The Morgan fingerprint density at radius 2 is 2.11 bits per heavy atom. The lowest BCUT2D eigenvalue weighted by molar-refractivity contribution is -0.148. The van der Waals surface area contributed by atoms with Gasteiger partial charge >= 0.3 is 12.1 Å². The highest BCUT2D eigenvalue weighted by molar-refractivity contribution is 5.79. The van der Waals surface area contributed by atoms with Crippen LogP contribution in [-0.4, -0.2) is 20.6 Å². The first-order valence-electron chi connectivity index (χ1n) is 5.05. The van der Waals surface area contributed by atoms with E-state index in [4.69, 9.17) is 5.11 Å². The van der Waals surface area contributed by atoms with Crippen molar-refractivity contribution in [2.75, 3.05) is 0 Å². The first kappa shape index (κ1) is 12.4. The van der Waals surface area contributed by atoms with Gasteiger partial charge in [-0.1, -0.05) is 6.07 Å². The zero-order valence-corrected chi connectivity index (χ0v) is 9.32. The van der Waals surface area contributed by atoms with Crippen molar-refractivity contribution in [2.45, 2.75) is 19.6 Å². The summed E-state index contributed by atoms with van der Waals surface area (Å²) in [4.78, 5) is 14.1. The summed E-state index contributed by atoms with van der Waals surface area (Å²) < 4.78 is 39.0. The summed E-state index contributed by atoms with van der Waals surface area (Å²) in [7, 11) is 0. The van der Waals surface area contributed by atoms with E-state index in [1.54, 1.807) is 13.0 Å². The van der Waals surface area contributed by atoms with Gasteiger partial charge in [-0.05, 0) is 24.6 Å². The van der Waals surface area contributed by atoms with Crippen LogP contribution >= 0.6 is 0 Å². The molecule has 0 aliphatic heterocycles. The van der Waals surface area contributed by atoms with Gasteiger partial charge < -0.3 is 9.67 Å². The Hall–Kier alpha value is -2.05. The van der Waals surface area contributed by atoms with Crippen molar-refractivity contribution >= 4 is 17.0 Å². The molecule has 1 aromatic heterocycles. The maximum atomic E-state index is 12.8. The van der Waals surface area contributed by atoms with Crippen molar-refractivity contribution < 1.29 is 23.1 Å². The Balaban J connectivity index is 2.73. The van der Waals surface area contributed by atoms with E-state index in [2.05, 4.69) is 4.98 Å². The Morgan fingerprint density at radius 1 is 1.44 bits per heavy atom. The fourth-order valence-electron chi connectivity index (χ4n) is 1.74. The number of halogens is 3. The monoisotopic (exact) mass is 258 g/mol. The molecule has 0 bridgehead atoms. The highest BCUT2D eigenvalue weighted by Gasteiger charge is 2.38. The number of aryl methyl sites for hydroxylation is 1. The summed E-state index contributed by atoms with van der Waals surface area (Å²) in [5.41, 5.74) is 1.04. The largest absolute Gasteiger partial charge is 0.480 e. The molecular formula is C11H9F3N2O2. The van der Waals surface area contributed by atoms with Crippen LogP contribution in [0.2, 0.25) is 0 Å². The Labute approximate surface area is 99.7 Å². The summed E-state index contributed by atoms with van der Waals surface area (Å²) in [5, 5.41) is 8.69. The number of nitrogens with zero attached hydrogens (tertiary/aromatic N) is 2. The third-order valence-corrected chi connectivity index (χ3v) is 2.45. The molecule has 18 heavy (non-hydrogen) atoms. The van der Waals surface area contributed by atoms with Crippen LogP contribution in [0.3, 0.4) is 0 Å². The van der Waals surface area contributed by atoms with E-state index in [1.165, 1.54) is 12.1 Å². The third kappa shape index (κ3) is 2.15. The molecule has 0 spiro atoms. The smallest absolute Gasteiger partial charge is 0.449 e. The van der Waals surface area contributed by atoms with E-state index in [-0.39, 0.29) is 11.0 Å². The number of aliphatic carboxylic acids is 1. The van der Waals surface area contributed by atoms with E-state index in [1.807, 2.05) is 0 Å². The number of hydrogen-bond acceptors (Lipinski definition) is 2. The Kier molecular flexibility index (Phi) is 2.76. The maximum absolute atomic E-state index is 12.8. The lowest BCUT2D eigenvalue weighted by Crippen LogP contribution is -2.18. The van der Waals surface area contributed by atoms with Crippen LogP contribution in [0.25, 0.3) is 11.0 Å². The first-order valence-corrected chi connectivity index (χ1v) is 5.05. The quantitative estimate of drug-likeness (QED) is 0.900. The molecular weight excluding hydrogens is 249 g/mol. The van der Waals surface area contributed by atoms with Crippen LogP contribution in [0.15, 0.2) is 18.2 Å². The summed E-state index contributed by atoms with van der Waals surface area (Å²) in [6.07, 6.45) is -4.68. The summed E-state index contributed by atoms with van der Waals surface area (Å²) in [6, 6.07) is 4.55. The second-order valence-electron chi connectivity index (χ2n) is 3.91. The van der Waals surface area contributed by atoms with E-state index in [0.29, 0.717) is 4.57 Å². The predicted octanol–water partition coefficient (Wildman–Crippen LogP) is 2.45. The normalized spacial score (nSPS) is 12.0. The van der Waals surface area contributed by atoms with Crippen LogP contribution in [-0.2, 0) is 17.5 Å². The first-order chi connectivity index (χ1) is 8.29. The Bertz CT molecular complexity index is 617. The number of benzene rings is 1. The van der Waals surface area contributed by atoms with Crippen LogP contribution < -0.4 is 0 Å². The van der Waals surface area contributed by atoms with Gasteiger partial charge in [-0.3, -0.25) is 4.79 Å². The molecule has 7 heteroatoms. The van der Waals surface area contributed by atoms with Gasteiger partial charge in [0, 0.05) is 0 Å². The summed E-state index contributed by atoms with van der Waals surface area (Å²) in [6.45, 7) is 0.944. The van der Waals surface area contributed by atoms with Crippen LogP contribution in [0.4, 0.5) is 13.2 Å². The number of carbonyl (C=O) groups is 1. The van der Waals surface area contributed by atoms with E-state index in [0.717, 1.165) is 5.56 Å². The maximum Gasteiger partial charge on any atom is 0.449 e. The molecule has 2 rings (SSSR count). The van der Waals surface area contributed by atoms with Crippen LogP contribution in [0.1, 0.15) is 11.4 Å². The number of carboxylic acid groups (broad SMARTS) is 1. The van der Waals surface area contributed by atoms with Crippen LogP contribution in [0.5, 0.6) is 0 Å². The molecule has 0 aliphatic rings. The number of carboxylic acids is 1. The van der Waals surface area contributed by atoms with Gasteiger partial charge in [-0.15, -0.1) is 0 Å². The van der Waals surface area contributed by atoms with Crippen molar-refractivity contribution in [1.82, 2.24) is 9.55 Å². The third-order valence-electron chi connectivity index (χ3n) is 2.45. The number of fused-ring (bicyclic) bond motifs is 1. The molecule has 0 atom stereocenters. The molecule has 0 radical (unpaired) electrons. The fourth-order valence-corrected chi connectivity index (χ4v) is 1.74. The second-order valence-corrected chi connectivity index (χ2v) is 3.91. The van der Waals surface area contributed by atoms with E-state index >= 15 is 0 Å². The molecule has 0 fully saturated rings. The number of imidazole rings is 1. The summed E-state index contributed by atoms with van der Waals surface area (Å²) >= 11 is 0. The van der Waals surface area contributed by atoms with E-state index in [9.17, 15) is 18.0 Å². The number of alkyl halides is 3. The highest BCUT2D eigenvalue weighted by atomic mass is 19.4. The van der Waals surface area contributed by atoms with Crippen molar-refractivity contribution in [1.29, 1.82) is 0 Å². The second kappa shape index (κ2) is 4.01. The minimum Gasteiger partial charge on any atom is -0.480 e. The topological polar surface area (TPSA) is 55.1 Å². The predicted molar refractivity (Wildman–Crippen MR) is 57.1 cm³/mol. The zero-order chi connectivity index (χ0) is 13.5. The molecule has 1 aromatic carbocycles. The Morgan fingerprint density at radius 3 is 2.67 bits per heavy atom. The zero-order valence-electron chi connectivity index (χ0n) is 9.32. The van der Waals surface area contributed by atoms with Crippen molar-refractivity contribution in [3.05, 3.63) is 29.6 Å². The molecule has 2 aromatic rings. The average molecular weight is 258 g/mol. The van der Waals surface area contributed by atoms with Gasteiger partial charge in [0.25, 0.3) is 0 Å². The molecule has 4 nitrogen and oxygen atoms in total. The number of aromatic nitrogens is 2. The molecule has 0 saturated carbocycles. The molecule has 0 aliphatic carbocycles. The van der Waals surface area contributed by atoms with Gasteiger partial charge in [0.15, 0.2) is 0 Å². The van der Waals surface area contributed by atoms with Gasteiger partial charge in [0.1, 0.15) is 6.54 Å². The molecule has 0 saturated heterocycles. The SMILES string of the molecule is Cc1ccc2nc(C(F)(F)F)n(CC(=O)O)c2c1. The number of hydrogen-bond donors (Lipinski definition) is 1. The lowest BCUT2D eigenvalue weighted by atomic mass is 10.2. The minimum absolute atomic E-state index is 0.133. The van der Waals surface area contributed by atoms with Gasteiger partial charge in [-0.2, -0.15) is 13.2 Å². The van der Waals surface area contributed by atoms with Gasteiger partial charge in [-0.25, -0.2) is 4.98 Å². The standard InChI is InChI=1S/C11H9F3N2O2/c1-6-2-3-7-8(4-6)16(5-9(17)18)10(15-7)11(12,13)14/h2-4H,5H2,1H3,(H,17,18). The molecule has 1 heterocycles. The highest BCUT2D eigenvalue weighted by Crippen LogP contribution is 2.31. The lowest BCUT2D eigenvalue weighted by Gasteiger charge is -2.08. The molecule has 96 valence electrons. The van der Waals surface area contributed by atoms with Crippen molar-refractivity contribution in [3.8, 4) is 0 Å². The molecule has 1 N–H and O–H groups in total. The van der Waals surface area contributed by atoms with Crippen molar-refractivity contribution in [2.24, 2.45) is 0 Å². The summed E-state index contributed by atoms with van der Waals surface area (Å²) in [5.74, 6) is -2.54. The molecule has 0 amide bonds. The fraction of sp³-hybridized carbons (Fsp3) is 0.273. The van der Waals surface area contributed by atoms with E-state index < -0.39 is 24.5 Å². The molecule has 0 unspecified atom stereocenters.